The van der Waals surface area contributed by atoms with Gasteiger partial charge in [-0.3, -0.25) is 0 Å². The lowest BCUT2D eigenvalue weighted by Crippen LogP contribution is -3.00. The van der Waals surface area contributed by atoms with Gasteiger partial charge in [0.1, 0.15) is 12.4 Å². The first kappa shape index (κ1) is 11.4. The molecule has 0 fully saturated rings. The third-order valence-electron chi connectivity index (χ3n) is 1.53. The monoisotopic (exact) mass is 277 g/mol. The summed E-state index contributed by atoms with van der Waals surface area (Å²) < 4.78 is 4.07. The SMILES string of the molecule is C[n+]1ccn(CCCC#N)c1.[I-]. The maximum atomic E-state index is 8.29. The Hall–Kier alpha value is -0.570. The molecule has 1 rings (SSSR count). The molecule has 0 amide bonds. The van der Waals surface area contributed by atoms with E-state index in [1.54, 1.807) is 0 Å². The second-order valence-corrected chi connectivity index (χ2v) is 2.58. The summed E-state index contributed by atoms with van der Waals surface area (Å²) in [5.74, 6) is 0. The van der Waals surface area contributed by atoms with Gasteiger partial charge in [0.25, 0.3) is 0 Å². The van der Waals surface area contributed by atoms with Crippen molar-refractivity contribution in [3.63, 3.8) is 0 Å². The van der Waals surface area contributed by atoms with Crippen molar-refractivity contribution in [1.82, 2.24) is 4.57 Å². The van der Waals surface area contributed by atoms with Crippen LogP contribution in [-0.2, 0) is 13.6 Å². The molecule has 0 spiro atoms. The number of aromatic nitrogens is 2. The van der Waals surface area contributed by atoms with Crippen LogP contribution in [0.25, 0.3) is 0 Å². The minimum absolute atomic E-state index is 0. The first-order valence-corrected chi connectivity index (χ1v) is 3.71. The maximum absolute atomic E-state index is 8.29. The van der Waals surface area contributed by atoms with Crippen molar-refractivity contribution >= 4 is 0 Å². The highest BCUT2D eigenvalue weighted by atomic mass is 127. The van der Waals surface area contributed by atoms with E-state index in [9.17, 15) is 0 Å². The van der Waals surface area contributed by atoms with Crippen LogP contribution < -0.4 is 28.5 Å². The smallest absolute Gasteiger partial charge is 0.243 e. The molecule has 0 atom stereocenters. The van der Waals surface area contributed by atoms with Gasteiger partial charge >= 0.3 is 0 Å². The van der Waals surface area contributed by atoms with E-state index in [-0.39, 0.29) is 24.0 Å². The number of hydrogen-bond donors (Lipinski definition) is 0. The van der Waals surface area contributed by atoms with E-state index in [2.05, 4.69) is 10.6 Å². The Balaban J connectivity index is 0.00000121. The summed E-state index contributed by atoms with van der Waals surface area (Å²) in [4.78, 5) is 0. The van der Waals surface area contributed by atoms with E-state index in [0.29, 0.717) is 6.42 Å². The van der Waals surface area contributed by atoms with Gasteiger partial charge in [-0.15, -0.1) is 0 Å². The summed E-state index contributed by atoms with van der Waals surface area (Å²) in [5.41, 5.74) is 0. The molecule has 0 N–H and O–H groups in total. The Morgan fingerprint density at radius 2 is 2.33 bits per heavy atom. The van der Waals surface area contributed by atoms with Crippen LogP contribution in [0, 0.1) is 11.3 Å². The average Bonchev–Trinajstić information content (AvgIpc) is 2.37. The van der Waals surface area contributed by atoms with Crippen molar-refractivity contribution in [2.24, 2.45) is 7.05 Å². The van der Waals surface area contributed by atoms with Gasteiger partial charge in [0.05, 0.1) is 19.7 Å². The highest BCUT2D eigenvalue weighted by molar-refractivity contribution is 4.71. The second-order valence-electron chi connectivity index (χ2n) is 2.58. The summed E-state index contributed by atoms with van der Waals surface area (Å²) >= 11 is 0. The molecule has 0 radical (unpaired) electrons. The Bertz CT molecular complexity index is 262. The molecule has 4 heteroatoms. The highest BCUT2D eigenvalue weighted by Crippen LogP contribution is 1.91. The highest BCUT2D eigenvalue weighted by Gasteiger charge is 1.97. The molecule has 0 saturated carbocycles. The van der Waals surface area contributed by atoms with E-state index < -0.39 is 0 Å². The van der Waals surface area contributed by atoms with Gasteiger partial charge in [0.15, 0.2) is 0 Å². The first-order chi connectivity index (χ1) is 5.33. The minimum Gasteiger partial charge on any atom is -1.00 e. The molecule has 66 valence electrons. The fourth-order valence-corrected chi connectivity index (χ4v) is 0.975. The number of aryl methyl sites for hydroxylation is 2. The molecule has 0 aliphatic carbocycles. The lowest BCUT2D eigenvalue weighted by atomic mass is 10.3. The summed E-state index contributed by atoms with van der Waals surface area (Å²) in [6.45, 7) is 0.939. The van der Waals surface area contributed by atoms with Gasteiger partial charge in [-0.1, -0.05) is 0 Å². The van der Waals surface area contributed by atoms with Crippen molar-refractivity contribution in [3.8, 4) is 6.07 Å². The molecule has 0 aromatic carbocycles. The van der Waals surface area contributed by atoms with Crippen LogP contribution in [0.1, 0.15) is 12.8 Å². The Kier molecular flexibility index (Phi) is 5.72. The average molecular weight is 277 g/mol. The quantitative estimate of drug-likeness (QED) is 0.345. The number of rotatable bonds is 3. The molecule has 0 unspecified atom stereocenters. The van der Waals surface area contributed by atoms with Crippen molar-refractivity contribution < 1.29 is 28.5 Å². The number of unbranched alkanes of at least 4 members (excludes halogenated alkanes) is 1. The van der Waals surface area contributed by atoms with Crippen LogP contribution in [-0.4, -0.2) is 4.57 Å². The largest absolute Gasteiger partial charge is 1.00 e. The van der Waals surface area contributed by atoms with E-state index in [1.165, 1.54) is 0 Å². The summed E-state index contributed by atoms with van der Waals surface area (Å²) in [7, 11) is 1.99. The van der Waals surface area contributed by atoms with E-state index >= 15 is 0 Å². The molecular weight excluding hydrogens is 265 g/mol. The number of hydrogen-bond acceptors (Lipinski definition) is 1. The van der Waals surface area contributed by atoms with E-state index in [0.717, 1.165) is 13.0 Å². The molecule has 0 saturated heterocycles. The lowest BCUT2D eigenvalue weighted by molar-refractivity contribution is -0.671. The number of nitriles is 1. The Morgan fingerprint density at radius 1 is 1.58 bits per heavy atom. The van der Waals surface area contributed by atoms with Crippen molar-refractivity contribution in [1.29, 1.82) is 5.26 Å². The van der Waals surface area contributed by atoms with Crippen LogP contribution in [0.3, 0.4) is 0 Å². The van der Waals surface area contributed by atoms with E-state index in [4.69, 9.17) is 5.26 Å². The number of halogens is 1. The normalized spacial score (nSPS) is 8.67. The van der Waals surface area contributed by atoms with E-state index in [1.807, 2.05) is 30.3 Å². The molecule has 12 heavy (non-hydrogen) atoms. The van der Waals surface area contributed by atoms with Crippen molar-refractivity contribution in [2.75, 3.05) is 0 Å². The zero-order chi connectivity index (χ0) is 8.10. The number of imidazole rings is 1. The van der Waals surface area contributed by atoms with Gasteiger partial charge in [-0.25, -0.2) is 9.13 Å². The zero-order valence-electron chi connectivity index (χ0n) is 7.07. The second kappa shape index (κ2) is 6.00. The molecule has 0 aliphatic heterocycles. The first-order valence-electron chi connectivity index (χ1n) is 3.71. The summed E-state index contributed by atoms with van der Waals surface area (Å²) in [5, 5.41) is 8.29. The molecule has 0 aliphatic rings. The minimum atomic E-state index is 0. The fourth-order valence-electron chi connectivity index (χ4n) is 0.975. The third-order valence-corrected chi connectivity index (χ3v) is 1.53. The van der Waals surface area contributed by atoms with Crippen LogP contribution in [0.2, 0.25) is 0 Å². The standard InChI is InChI=1S/C8H12N3.HI/c1-10-6-7-11(8-10)5-3-2-4-9;/h6-8H,2-3,5H2,1H3;1H/q+1;/p-1. The van der Waals surface area contributed by atoms with Crippen LogP contribution in [0.4, 0.5) is 0 Å². The topological polar surface area (TPSA) is 32.6 Å². The predicted molar refractivity (Wildman–Crippen MR) is 40.5 cm³/mol. The zero-order valence-corrected chi connectivity index (χ0v) is 9.23. The molecule has 0 bridgehead atoms. The van der Waals surface area contributed by atoms with Gasteiger partial charge in [0.2, 0.25) is 6.33 Å². The molecule has 1 aromatic heterocycles. The predicted octanol–water partition coefficient (Wildman–Crippen LogP) is -2.38. The van der Waals surface area contributed by atoms with Gasteiger partial charge in [0, 0.05) is 6.42 Å². The Labute approximate surface area is 89.6 Å². The third kappa shape index (κ3) is 3.72. The number of nitrogens with zero attached hydrogens (tertiary/aromatic N) is 3. The van der Waals surface area contributed by atoms with Gasteiger partial charge in [-0.05, 0) is 6.42 Å². The maximum Gasteiger partial charge on any atom is 0.243 e. The molecule has 3 nitrogen and oxygen atoms in total. The van der Waals surface area contributed by atoms with Crippen LogP contribution >= 0.6 is 0 Å². The van der Waals surface area contributed by atoms with Crippen LogP contribution in [0.5, 0.6) is 0 Å². The fraction of sp³-hybridized carbons (Fsp3) is 0.500. The molecule has 1 heterocycles. The van der Waals surface area contributed by atoms with Gasteiger partial charge < -0.3 is 24.0 Å². The van der Waals surface area contributed by atoms with Crippen molar-refractivity contribution in [3.05, 3.63) is 18.7 Å². The summed E-state index contributed by atoms with van der Waals surface area (Å²) in [6, 6.07) is 2.12. The van der Waals surface area contributed by atoms with Crippen molar-refractivity contribution in [2.45, 2.75) is 19.4 Å². The molecular formula is C8H12IN3. The molecule has 1 aromatic rings. The Morgan fingerprint density at radius 3 is 2.83 bits per heavy atom. The summed E-state index contributed by atoms with van der Waals surface area (Å²) in [6.07, 6.45) is 7.59. The van der Waals surface area contributed by atoms with Crippen LogP contribution in [0.15, 0.2) is 18.7 Å². The van der Waals surface area contributed by atoms with Gasteiger partial charge in [-0.2, -0.15) is 5.26 Å². The lowest BCUT2D eigenvalue weighted by Gasteiger charge is -1.89.